The Bertz CT molecular complexity index is 1070. The van der Waals surface area contributed by atoms with Crippen LogP contribution in [0.5, 0.6) is 11.5 Å². The molecule has 2 unspecified atom stereocenters. The molecule has 0 radical (unpaired) electrons. The Kier molecular flexibility index (Phi) is 6.57. The van der Waals surface area contributed by atoms with E-state index in [-0.39, 0.29) is 23.1 Å². The second-order valence-electron chi connectivity index (χ2n) is 8.06. The summed E-state index contributed by atoms with van der Waals surface area (Å²) in [4.78, 5) is 14.5. The van der Waals surface area contributed by atoms with Gasteiger partial charge in [-0.15, -0.1) is 0 Å². The van der Waals surface area contributed by atoms with Crippen LogP contribution in [0.15, 0.2) is 46.2 Å². The number of hydrogen-bond acceptors (Lipinski definition) is 7. The number of thioether (sulfide) groups is 1. The molecule has 1 saturated carbocycles. The Labute approximate surface area is 193 Å². The van der Waals surface area contributed by atoms with Crippen LogP contribution >= 0.6 is 11.8 Å². The molecule has 1 heterocycles. The van der Waals surface area contributed by atoms with Gasteiger partial charge in [0.2, 0.25) is 5.91 Å². The van der Waals surface area contributed by atoms with Gasteiger partial charge in [-0.1, -0.05) is 43.7 Å². The first-order valence-electron chi connectivity index (χ1n) is 10.7. The summed E-state index contributed by atoms with van der Waals surface area (Å²) in [6.45, 7) is 1.63. The van der Waals surface area contributed by atoms with Crippen LogP contribution in [0.1, 0.15) is 37.7 Å². The highest BCUT2D eigenvalue weighted by Crippen LogP contribution is 2.44. The molecule has 1 aliphatic carbocycles. The van der Waals surface area contributed by atoms with E-state index >= 15 is 0 Å². The largest absolute Gasteiger partial charge is 0.493 e. The number of anilines is 1. The Morgan fingerprint density at radius 3 is 2.41 bits per heavy atom. The summed E-state index contributed by atoms with van der Waals surface area (Å²) in [6.07, 6.45) is 3.03. The minimum Gasteiger partial charge on any atom is -0.493 e. The average molecular weight is 477 g/mol. The van der Waals surface area contributed by atoms with E-state index in [2.05, 4.69) is 10.6 Å². The summed E-state index contributed by atoms with van der Waals surface area (Å²) in [5, 5.41) is 6.42. The number of nitrogens with one attached hydrogen (secondary N) is 2. The van der Waals surface area contributed by atoms with Gasteiger partial charge in [-0.3, -0.25) is 4.79 Å². The molecular formula is C23H28N2O5S2. The van der Waals surface area contributed by atoms with Crippen molar-refractivity contribution in [3.05, 3.63) is 42.0 Å². The van der Waals surface area contributed by atoms with E-state index in [4.69, 9.17) is 9.47 Å². The second kappa shape index (κ2) is 9.23. The summed E-state index contributed by atoms with van der Waals surface area (Å²) in [5.74, 6) is 1.47. The summed E-state index contributed by atoms with van der Waals surface area (Å²) in [5.41, 5.74) is 1.41. The van der Waals surface area contributed by atoms with Crippen molar-refractivity contribution in [2.45, 2.75) is 47.4 Å². The Morgan fingerprint density at radius 1 is 1.16 bits per heavy atom. The molecule has 2 aliphatic rings. The van der Waals surface area contributed by atoms with Crippen molar-refractivity contribution in [1.29, 1.82) is 0 Å². The van der Waals surface area contributed by atoms with E-state index < -0.39 is 9.84 Å². The van der Waals surface area contributed by atoms with E-state index in [1.54, 1.807) is 45.4 Å². The van der Waals surface area contributed by atoms with E-state index in [0.717, 1.165) is 35.4 Å². The number of hydrogen-bond donors (Lipinski definition) is 2. The van der Waals surface area contributed by atoms with Crippen LogP contribution in [0.25, 0.3) is 0 Å². The molecule has 2 aromatic rings. The first-order chi connectivity index (χ1) is 15.3. The molecule has 7 nitrogen and oxygen atoms in total. The molecule has 2 aromatic carbocycles. The molecule has 172 valence electrons. The number of benzene rings is 2. The Hall–Kier alpha value is -2.39. The normalized spacial score (nSPS) is 18.4. The van der Waals surface area contributed by atoms with Crippen molar-refractivity contribution >= 4 is 33.2 Å². The van der Waals surface area contributed by atoms with Gasteiger partial charge in [-0.05, 0) is 36.1 Å². The SMILES string of the molecule is CCS(=O)(=O)c1ccc(C(CC2CC2)C(=O)NC2Nc3cc(OC)c(OC)cc3S2)cc1. The van der Waals surface area contributed by atoms with Crippen LogP contribution in [0.2, 0.25) is 0 Å². The van der Waals surface area contributed by atoms with Crippen molar-refractivity contribution in [2.75, 3.05) is 25.3 Å². The van der Waals surface area contributed by atoms with Crippen LogP contribution in [0.3, 0.4) is 0 Å². The zero-order valence-electron chi connectivity index (χ0n) is 18.4. The van der Waals surface area contributed by atoms with Gasteiger partial charge in [0.1, 0.15) is 0 Å². The first-order valence-corrected chi connectivity index (χ1v) is 13.2. The molecule has 1 fully saturated rings. The fourth-order valence-corrected chi connectivity index (χ4v) is 5.74. The molecular weight excluding hydrogens is 448 g/mol. The predicted molar refractivity (Wildman–Crippen MR) is 125 cm³/mol. The van der Waals surface area contributed by atoms with E-state index in [1.807, 2.05) is 12.1 Å². The Morgan fingerprint density at radius 2 is 1.81 bits per heavy atom. The molecule has 0 bridgehead atoms. The average Bonchev–Trinajstić information content (AvgIpc) is 3.54. The zero-order chi connectivity index (χ0) is 22.9. The maximum absolute atomic E-state index is 13.3. The number of rotatable bonds is 9. The van der Waals surface area contributed by atoms with E-state index in [0.29, 0.717) is 22.3 Å². The molecule has 2 N–H and O–H groups in total. The standard InChI is InChI=1S/C23H28N2O5S2/c1-4-32(27,28)16-9-7-15(8-10-16)17(11-14-5-6-14)22(26)25-23-24-18-12-19(29-2)20(30-3)13-21(18)31-23/h7-10,12-14,17,23-24H,4-6,11H2,1-3H3,(H,25,26). The predicted octanol–water partition coefficient (Wildman–Crippen LogP) is 4.00. The fourth-order valence-electron chi connectivity index (χ4n) is 3.82. The van der Waals surface area contributed by atoms with Crippen LogP contribution in [0.4, 0.5) is 5.69 Å². The summed E-state index contributed by atoms with van der Waals surface area (Å²) in [6, 6.07) is 10.5. The number of amides is 1. The van der Waals surface area contributed by atoms with Crippen molar-refractivity contribution in [3.8, 4) is 11.5 Å². The molecule has 2 atom stereocenters. The van der Waals surface area contributed by atoms with Gasteiger partial charge in [0.25, 0.3) is 0 Å². The quantitative estimate of drug-likeness (QED) is 0.565. The number of methoxy groups -OCH3 is 2. The lowest BCUT2D eigenvalue weighted by Gasteiger charge is -2.20. The van der Waals surface area contributed by atoms with Gasteiger partial charge in [0.15, 0.2) is 26.8 Å². The van der Waals surface area contributed by atoms with Crippen molar-refractivity contribution in [3.63, 3.8) is 0 Å². The number of sulfone groups is 1. The highest BCUT2D eigenvalue weighted by molar-refractivity contribution is 8.00. The van der Waals surface area contributed by atoms with Gasteiger partial charge < -0.3 is 20.1 Å². The van der Waals surface area contributed by atoms with Gasteiger partial charge in [-0.25, -0.2) is 8.42 Å². The lowest BCUT2D eigenvalue weighted by Crippen LogP contribution is -2.39. The molecule has 0 saturated heterocycles. The maximum Gasteiger partial charge on any atom is 0.229 e. The second-order valence-corrected chi connectivity index (χ2v) is 11.5. The minimum absolute atomic E-state index is 0.0546. The highest BCUT2D eigenvalue weighted by Gasteiger charge is 2.33. The molecule has 1 aliphatic heterocycles. The monoisotopic (exact) mass is 476 g/mol. The summed E-state index contributed by atoms with van der Waals surface area (Å²) in [7, 11) is -0.0851. The number of fused-ring (bicyclic) bond motifs is 1. The van der Waals surface area contributed by atoms with E-state index in [1.165, 1.54) is 11.8 Å². The summed E-state index contributed by atoms with van der Waals surface area (Å²) < 4.78 is 35.0. The van der Waals surface area contributed by atoms with Gasteiger partial charge in [-0.2, -0.15) is 0 Å². The number of carbonyl (C=O) groups excluding carboxylic acids is 1. The van der Waals surface area contributed by atoms with Gasteiger partial charge in [0, 0.05) is 11.0 Å². The third kappa shape index (κ3) is 4.83. The molecule has 0 aromatic heterocycles. The van der Waals surface area contributed by atoms with Crippen LogP contribution < -0.4 is 20.1 Å². The zero-order valence-corrected chi connectivity index (χ0v) is 20.0. The lowest BCUT2D eigenvalue weighted by molar-refractivity contribution is -0.122. The van der Waals surface area contributed by atoms with Crippen LogP contribution in [-0.2, 0) is 14.6 Å². The van der Waals surface area contributed by atoms with E-state index in [9.17, 15) is 13.2 Å². The third-order valence-electron chi connectivity index (χ3n) is 5.89. The van der Waals surface area contributed by atoms with Crippen molar-refractivity contribution in [2.24, 2.45) is 5.92 Å². The third-order valence-corrected chi connectivity index (χ3v) is 8.71. The highest BCUT2D eigenvalue weighted by atomic mass is 32.2. The molecule has 9 heteroatoms. The number of carbonyl (C=O) groups is 1. The van der Waals surface area contributed by atoms with Gasteiger partial charge in [0.05, 0.1) is 36.5 Å². The fraction of sp³-hybridized carbons (Fsp3) is 0.435. The maximum atomic E-state index is 13.3. The summed E-state index contributed by atoms with van der Waals surface area (Å²) >= 11 is 1.51. The van der Waals surface area contributed by atoms with Crippen molar-refractivity contribution in [1.82, 2.24) is 5.32 Å². The molecule has 1 amide bonds. The first kappa shape index (κ1) is 22.8. The van der Waals surface area contributed by atoms with Crippen LogP contribution in [0, 0.1) is 5.92 Å². The smallest absolute Gasteiger partial charge is 0.229 e. The Balaban J connectivity index is 1.49. The van der Waals surface area contributed by atoms with Crippen molar-refractivity contribution < 1.29 is 22.7 Å². The minimum atomic E-state index is -3.27. The van der Waals surface area contributed by atoms with Gasteiger partial charge >= 0.3 is 0 Å². The molecule has 32 heavy (non-hydrogen) atoms. The number of ether oxygens (including phenoxy) is 2. The van der Waals surface area contributed by atoms with Crippen LogP contribution in [-0.4, -0.2) is 39.8 Å². The topological polar surface area (TPSA) is 93.7 Å². The molecule has 0 spiro atoms. The lowest BCUT2D eigenvalue weighted by atomic mass is 9.92. The molecule has 4 rings (SSSR count).